The lowest BCUT2D eigenvalue weighted by Crippen LogP contribution is -2.48. The molecule has 1 aromatic carbocycles. The van der Waals surface area contributed by atoms with Gasteiger partial charge in [0, 0.05) is 58.2 Å². The van der Waals surface area contributed by atoms with E-state index in [9.17, 15) is 13.2 Å². The second-order valence-corrected chi connectivity index (χ2v) is 9.51. The number of rotatable bonds is 7. The van der Waals surface area contributed by atoms with Gasteiger partial charge in [0.05, 0.1) is 15.5 Å². The summed E-state index contributed by atoms with van der Waals surface area (Å²) in [6.45, 7) is 7.67. The molecule has 162 valence electrons. The lowest BCUT2D eigenvalue weighted by molar-refractivity contribution is 0.0628. The lowest BCUT2D eigenvalue weighted by atomic mass is 10.1. The van der Waals surface area contributed by atoms with Gasteiger partial charge in [0.1, 0.15) is 0 Å². The van der Waals surface area contributed by atoms with Crippen molar-refractivity contribution in [1.82, 2.24) is 19.1 Å². The molecular formula is C21H27ClN4O3S. The second-order valence-electron chi connectivity index (χ2n) is 7.16. The molecule has 0 bridgehead atoms. The molecule has 0 saturated carbocycles. The maximum absolute atomic E-state index is 13.1. The molecular weight excluding hydrogens is 424 g/mol. The number of benzene rings is 1. The van der Waals surface area contributed by atoms with Crippen molar-refractivity contribution in [3.8, 4) is 0 Å². The molecule has 0 unspecified atom stereocenters. The van der Waals surface area contributed by atoms with Crippen molar-refractivity contribution in [2.45, 2.75) is 25.3 Å². The number of aromatic nitrogens is 1. The van der Waals surface area contributed by atoms with Crippen LogP contribution in [0.3, 0.4) is 0 Å². The van der Waals surface area contributed by atoms with Crippen molar-refractivity contribution in [2.24, 2.45) is 0 Å². The summed E-state index contributed by atoms with van der Waals surface area (Å²) in [6.07, 6.45) is 3.59. The first-order valence-corrected chi connectivity index (χ1v) is 11.9. The van der Waals surface area contributed by atoms with Crippen LogP contribution >= 0.6 is 11.6 Å². The number of nitrogens with zero attached hydrogens (tertiary/aromatic N) is 4. The van der Waals surface area contributed by atoms with Crippen molar-refractivity contribution in [3.63, 3.8) is 0 Å². The van der Waals surface area contributed by atoms with Gasteiger partial charge in [-0.05, 0) is 29.8 Å². The van der Waals surface area contributed by atoms with Crippen molar-refractivity contribution in [1.29, 1.82) is 0 Å². The Balaban J connectivity index is 1.71. The monoisotopic (exact) mass is 450 g/mol. The van der Waals surface area contributed by atoms with E-state index in [1.807, 2.05) is 18.3 Å². The fourth-order valence-electron chi connectivity index (χ4n) is 3.57. The molecule has 0 radical (unpaired) electrons. The summed E-state index contributed by atoms with van der Waals surface area (Å²) in [5.41, 5.74) is 1.36. The van der Waals surface area contributed by atoms with Crippen LogP contribution in [-0.4, -0.2) is 72.7 Å². The number of hydrogen-bond donors (Lipinski definition) is 0. The Bertz CT molecular complexity index is 973. The minimum atomic E-state index is -3.66. The third kappa shape index (κ3) is 5.00. The van der Waals surface area contributed by atoms with Crippen LogP contribution in [0.1, 0.15) is 29.8 Å². The number of sulfonamides is 1. The Kier molecular flexibility index (Phi) is 7.46. The minimum Gasteiger partial charge on any atom is -0.336 e. The molecule has 2 aromatic rings. The van der Waals surface area contributed by atoms with E-state index < -0.39 is 10.0 Å². The maximum atomic E-state index is 13.1. The number of halogens is 1. The molecule has 0 aliphatic carbocycles. The lowest BCUT2D eigenvalue weighted by Gasteiger charge is -2.35. The molecule has 3 rings (SSSR count). The van der Waals surface area contributed by atoms with Crippen molar-refractivity contribution < 1.29 is 13.2 Å². The van der Waals surface area contributed by atoms with Gasteiger partial charge in [-0.15, -0.1) is 0 Å². The Labute approximate surface area is 183 Å². The van der Waals surface area contributed by atoms with E-state index in [4.69, 9.17) is 11.6 Å². The van der Waals surface area contributed by atoms with Crippen LogP contribution in [0.15, 0.2) is 47.6 Å². The molecule has 0 spiro atoms. The van der Waals surface area contributed by atoms with Gasteiger partial charge in [-0.25, -0.2) is 8.42 Å². The van der Waals surface area contributed by atoms with E-state index in [1.54, 1.807) is 24.9 Å². The molecule has 0 N–H and O–H groups in total. The van der Waals surface area contributed by atoms with Crippen LogP contribution in [-0.2, 0) is 16.6 Å². The van der Waals surface area contributed by atoms with Gasteiger partial charge in [0.15, 0.2) is 0 Å². The Morgan fingerprint density at radius 3 is 2.43 bits per heavy atom. The summed E-state index contributed by atoms with van der Waals surface area (Å²) in [6, 6.07) is 8.30. The Hall–Kier alpha value is -2.00. The largest absolute Gasteiger partial charge is 0.336 e. The van der Waals surface area contributed by atoms with Gasteiger partial charge in [-0.1, -0.05) is 31.5 Å². The predicted octanol–water partition coefficient (Wildman–Crippen LogP) is 2.72. The molecule has 1 fully saturated rings. The molecule has 1 amide bonds. The molecule has 9 heteroatoms. The molecule has 1 saturated heterocycles. The van der Waals surface area contributed by atoms with Crippen LogP contribution in [0.25, 0.3) is 0 Å². The standard InChI is InChI=1S/C21H27ClN4O3S/c1-3-26(4-2)30(28,29)18-7-8-20(22)19(14-18)21(27)25-12-10-24(11-13-25)16-17-6-5-9-23-15-17/h5-9,14-15H,3-4,10-13,16H2,1-2H3. The highest BCUT2D eigenvalue weighted by atomic mass is 35.5. The van der Waals surface area contributed by atoms with E-state index in [0.29, 0.717) is 26.2 Å². The fraction of sp³-hybridized carbons (Fsp3) is 0.429. The van der Waals surface area contributed by atoms with E-state index in [-0.39, 0.29) is 21.4 Å². The van der Waals surface area contributed by atoms with Gasteiger partial charge < -0.3 is 4.90 Å². The normalized spacial score (nSPS) is 15.5. The van der Waals surface area contributed by atoms with Gasteiger partial charge in [0.2, 0.25) is 10.0 Å². The summed E-state index contributed by atoms with van der Waals surface area (Å²) in [5.74, 6) is -0.238. The number of carbonyl (C=O) groups is 1. The Morgan fingerprint density at radius 1 is 1.13 bits per heavy atom. The third-order valence-corrected chi connectivity index (χ3v) is 7.68. The zero-order valence-electron chi connectivity index (χ0n) is 17.3. The average Bonchev–Trinajstić information content (AvgIpc) is 2.75. The van der Waals surface area contributed by atoms with Gasteiger partial charge in [0.25, 0.3) is 5.91 Å². The first kappa shape index (κ1) is 22.7. The summed E-state index contributed by atoms with van der Waals surface area (Å²) in [4.78, 5) is 21.3. The van der Waals surface area contributed by atoms with Gasteiger partial charge in [-0.2, -0.15) is 4.31 Å². The molecule has 30 heavy (non-hydrogen) atoms. The second kappa shape index (κ2) is 9.87. The van der Waals surface area contributed by atoms with Crippen molar-refractivity contribution in [2.75, 3.05) is 39.3 Å². The highest BCUT2D eigenvalue weighted by molar-refractivity contribution is 7.89. The predicted molar refractivity (Wildman–Crippen MR) is 117 cm³/mol. The SMILES string of the molecule is CCN(CC)S(=O)(=O)c1ccc(Cl)c(C(=O)N2CCN(Cc3cccnc3)CC2)c1. The van der Waals surface area contributed by atoms with Crippen molar-refractivity contribution >= 4 is 27.5 Å². The van der Waals surface area contributed by atoms with E-state index in [2.05, 4.69) is 9.88 Å². The smallest absolute Gasteiger partial charge is 0.255 e. The Morgan fingerprint density at radius 2 is 1.83 bits per heavy atom. The third-order valence-electron chi connectivity index (χ3n) is 5.30. The highest BCUT2D eigenvalue weighted by Gasteiger charge is 2.27. The van der Waals surface area contributed by atoms with Crippen LogP contribution in [0, 0.1) is 0 Å². The van der Waals surface area contributed by atoms with E-state index >= 15 is 0 Å². The minimum absolute atomic E-state index is 0.0918. The van der Waals surface area contributed by atoms with E-state index in [0.717, 1.165) is 25.2 Å². The number of carbonyl (C=O) groups excluding carboxylic acids is 1. The van der Waals surface area contributed by atoms with Crippen LogP contribution in [0.4, 0.5) is 0 Å². The zero-order chi connectivity index (χ0) is 21.7. The molecule has 1 aromatic heterocycles. The number of amides is 1. The molecule has 0 atom stereocenters. The summed E-state index contributed by atoms with van der Waals surface area (Å²) < 4.78 is 27.0. The average molecular weight is 451 g/mol. The van der Waals surface area contributed by atoms with Gasteiger partial charge in [-0.3, -0.25) is 14.7 Å². The van der Waals surface area contributed by atoms with Crippen LogP contribution in [0.2, 0.25) is 5.02 Å². The summed E-state index contributed by atoms with van der Waals surface area (Å²) >= 11 is 6.27. The van der Waals surface area contributed by atoms with Crippen LogP contribution in [0.5, 0.6) is 0 Å². The molecule has 7 nitrogen and oxygen atoms in total. The fourth-order valence-corrected chi connectivity index (χ4v) is 5.25. The number of pyridine rings is 1. The number of piperazine rings is 1. The highest BCUT2D eigenvalue weighted by Crippen LogP contribution is 2.25. The quantitative estimate of drug-likeness (QED) is 0.648. The first-order valence-electron chi connectivity index (χ1n) is 10.1. The van der Waals surface area contributed by atoms with E-state index in [1.165, 1.54) is 22.5 Å². The molecule has 2 heterocycles. The topological polar surface area (TPSA) is 73.8 Å². The summed E-state index contributed by atoms with van der Waals surface area (Å²) in [7, 11) is -3.66. The molecule has 1 aliphatic rings. The van der Waals surface area contributed by atoms with Gasteiger partial charge >= 0.3 is 0 Å². The number of hydrogen-bond acceptors (Lipinski definition) is 5. The van der Waals surface area contributed by atoms with Crippen molar-refractivity contribution in [3.05, 3.63) is 58.9 Å². The summed E-state index contributed by atoms with van der Waals surface area (Å²) in [5, 5.41) is 0.260. The van der Waals surface area contributed by atoms with Crippen LogP contribution < -0.4 is 0 Å². The first-order chi connectivity index (χ1) is 14.4. The maximum Gasteiger partial charge on any atom is 0.255 e. The molecule has 1 aliphatic heterocycles. The zero-order valence-corrected chi connectivity index (χ0v) is 18.9.